The fourth-order valence-electron chi connectivity index (χ4n) is 7.73. The first kappa shape index (κ1) is 75.3. The summed E-state index contributed by atoms with van der Waals surface area (Å²) in [5, 5.41) is 15.2. The van der Waals surface area contributed by atoms with E-state index in [1.807, 2.05) is 12.1 Å². The topological polar surface area (TPSA) is 347 Å². The number of ketones is 1. The van der Waals surface area contributed by atoms with Gasteiger partial charge in [-0.2, -0.15) is 15.3 Å². The summed E-state index contributed by atoms with van der Waals surface area (Å²) in [6.07, 6.45) is 6.94. The van der Waals surface area contributed by atoms with Crippen LogP contribution < -0.4 is 17.2 Å². The molecule has 0 unspecified atom stereocenters. The third-order valence-corrected chi connectivity index (χ3v) is 12.8. The van der Waals surface area contributed by atoms with Gasteiger partial charge in [-0.05, 0) is 90.9 Å². The molecule has 0 bridgehead atoms. The summed E-state index contributed by atoms with van der Waals surface area (Å²) in [5.74, 6) is -2.50. The van der Waals surface area contributed by atoms with Gasteiger partial charge in [0.05, 0.1) is 48.8 Å². The monoisotopic (exact) mass is 1380 g/mol. The average Bonchev–Trinajstić information content (AvgIpc) is 1.76. The van der Waals surface area contributed by atoms with Gasteiger partial charge in [-0.15, -0.1) is 4.90 Å². The summed E-state index contributed by atoms with van der Waals surface area (Å²) in [6.45, 7) is 14.1. The molecule has 1 radical (unpaired) electrons. The van der Waals surface area contributed by atoms with E-state index in [2.05, 4.69) is 45.7 Å². The van der Waals surface area contributed by atoms with Gasteiger partial charge >= 0.3 is 54.5 Å². The fourth-order valence-corrected chi connectivity index (χ4v) is 8.74. The second-order valence-electron chi connectivity index (χ2n) is 21.2. The number of imide groups is 3. The Hall–Kier alpha value is -9.47. The molecule has 0 aliphatic rings. The van der Waals surface area contributed by atoms with E-state index >= 15 is 0 Å². The summed E-state index contributed by atoms with van der Waals surface area (Å²) in [5.41, 5.74) is 19.0. The van der Waals surface area contributed by atoms with Crippen LogP contribution >= 0.6 is 58.0 Å². The van der Waals surface area contributed by atoms with Crippen LogP contribution in [0.25, 0.3) is 50.8 Å². The normalized spacial score (nSPS) is 10.6. The van der Waals surface area contributed by atoms with Crippen LogP contribution in [0.3, 0.4) is 0 Å². The van der Waals surface area contributed by atoms with E-state index in [1.165, 1.54) is 47.8 Å². The molecule has 0 aliphatic heterocycles. The number of hydrogen-bond acceptors (Lipinski definition) is 18. The van der Waals surface area contributed by atoms with Crippen LogP contribution in [0, 0.1) is 0 Å². The van der Waals surface area contributed by atoms with Gasteiger partial charge in [-0.25, -0.2) is 33.6 Å². The van der Waals surface area contributed by atoms with E-state index in [-0.39, 0.29) is 52.2 Å². The van der Waals surface area contributed by atoms with Gasteiger partial charge in [0.2, 0.25) is 5.91 Å². The maximum absolute atomic E-state index is 13.8. The Balaban J connectivity index is 0.000000242. The second-order valence-corrected chi connectivity index (χ2v) is 23.2. The molecular formula is C62H61B2Cl5N13O12. The van der Waals surface area contributed by atoms with Crippen LogP contribution in [0.5, 0.6) is 0 Å². The predicted octanol–water partition coefficient (Wildman–Crippen LogP) is 11.8. The van der Waals surface area contributed by atoms with Crippen molar-refractivity contribution in [3.05, 3.63) is 194 Å². The number of hydrogen-bond donors (Lipinski definition) is 3. The Labute approximate surface area is 566 Å². The zero-order chi connectivity index (χ0) is 69.6. The molecule has 487 valence electrons. The Morgan fingerprint density at radius 3 is 1.21 bits per heavy atom. The molecule has 6 amide bonds. The van der Waals surface area contributed by atoms with Crippen molar-refractivity contribution in [1.29, 1.82) is 0 Å². The van der Waals surface area contributed by atoms with Crippen LogP contribution in [-0.2, 0) is 39.9 Å². The van der Waals surface area contributed by atoms with Crippen molar-refractivity contribution in [3.8, 4) is 50.8 Å². The van der Waals surface area contributed by atoms with Crippen LogP contribution in [-0.4, -0.2) is 123 Å². The van der Waals surface area contributed by atoms with Crippen molar-refractivity contribution < 1.29 is 57.4 Å². The van der Waals surface area contributed by atoms with Crippen molar-refractivity contribution in [2.75, 3.05) is 6.51 Å². The minimum absolute atomic E-state index is 0.00958. The van der Waals surface area contributed by atoms with Crippen LogP contribution in [0.4, 0.5) is 9.59 Å². The van der Waals surface area contributed by atoms with Crippen molar-refractivity contribution in [2.45, 2.75) is 79.8 Å². The molecule has 6 heterocycles. The van der Waals surface area contributed by atoms with Gasteiger partial charge in [-0.3, -0.25) is 29.0 Å². The first-order valence-corrected chi connectivity index (χ1v) is 29.6. The maximum atomic E-state index is 13.8. The zero-order valence-corrected chi connectivity index (χ0v) is 55.7. The molecule has 0 saturated heterocycles. The number of nitrogens with zero attached hydrogens (tertiary/aromatic N) is 10. The SMILES string of the molecule is CC(=O)Cc1cc(-n2cc(C(N)=O)c(-c3ccccc3Cl)n2)ccn1.CC(C)(C)OC(=O)N(C(=O)OC(C)(C)C)C(=O)c1cn(-c2ccnc(Cl)c2)nc1-c1ccccc1Cl.CC(N)=O.C[B]OOCB=O.NC(=O)c1cn(-c2ccnc(Cl)c2)nc1-c1ccccc1Cl. The number of amides is 6. The van der Waals surface area contributed by atoms with Gasteiger partial charge in [-0.1, -0.05) is 113 Å². The molecule has 9 rings (SSSR count). The van der Waals surface area contributed by atoms with E-state index < -0.39 is 41.1 Å². The van der Waals surface area contributed by atoms with Gasteiger partial charge < -0.3 is 26.7 Å². The van der Waals surface area contributed by atoms with E-state index in [0.29, 0.717) is 83.1 Å². The minimum Gasteiger partial charge on any atom is -0.365 e. The Bertz CT molecular complexity index is 4160. The summed E-state index contributed by atoms with van der Waals surface area (Å²) in [7, 11) is 1.97. The van der Waals surface area contributed by atoms with Gasteiger partial charge in [0.25, 0.3) is 17.7 Å². The standard InChI is InChI=1S/C25H26Cl2N4O5.C18H15ClN4O2.C15H10Cl2N4O.C2H5B2O3.C2H5NO/c1-24(2,3)35-22(33)31(23(34)36-25(4,5)6)21(32)17-14-30(15-11-12-28-19(27)13-15)29-20(17)16-9-7-8-10-18(16)26;1-11(24)8-12-9-13(6-7-21-12)23-10-15(18(20)25)17(22-23)14-4-2-3-5-16(14)19;16-12-4-2-1-3-10(12)14-11(15(18)22)8-21(20-14)9-5-6-19-13(17)7-9;1-3-7-6-2-4-5;1-2(3)4/h7-14H,1-6H3;2-7,9-10H,8H2,1H3,(H2,20,25);1-8H,(H2,18,22);2H2,1H3;1H3,(H2,3,4). The van der Waals surface area contributed by atoms with Gasteiger partial charge in [0.1, 0.15) is 44.4 Å². The van der Waals surface area contributed by atoms with Crippen molar-refractivity contribution in [3.63, 3.8) is 0 Å². The number of pyridine rings is 3. The number of primary amides is 3. The number of carbonyl (C=O) groups is 7. The molecule has 0 atom stereocenters. The molecule has 0 spiro atoms. The maximum Gasteiger partial charge on any atom is 0.252 e. The first-order valence-electron chi connectivity index (χ1n) is 27.7. The van der Waals surface area contributed by atoms with Crippen molar-refractivity contribution >= 4 is 114 Å². The molecule has 94 heavy (non-hydrogen) atoms. The number of Topliss-reactive ketones (excluding diaryl/α,β-unsaturated/α-hetero) is 1. The number of rotatable bonds is 15. The molecule has 32 heteroatoms. The van der Waals surface area contributed by atoms with E-state index in [4.69, 9.17) is 78.9 Å². The van der Waals surface area contributed by atoms with Gasteiger partial charge in [0, 0.05) is 85.0 Å². The van der Waals surface area contributed by atoms with Gasteiger partial charge in [0.15, 0.2) is 0 Å². The average molecular weight is 1380 g/mol. The molecule has 6 N–H and O–H groups in total. The number of carbonyl (C=O) groups excluding carboxylic acids is 7. The summed E-state index contributed by atoms with van der Waals surface area (Å²) < 4.78 is 24.6. The summed E-state index contributed by atoms with van der Waals surface area (Å²) in [6, 6.07) is 31.0. The number of ether oxygens (including phenoxy) is 2. The van der Waals surface area contributed by atoms with E-state index in [9.17, 15) is 38.3 Å². The number of halogens is 5. The second kappa shape index (κ2) is 35.0. The Morgan fingerprint density at radius 1 is 0.532 bits per heavy atom. The Kier molecular flexibility index (Phi) is 28.0. The largest absolute Gasteiger partial charge is 0.365 e. The first-order chi connectivity index (χ1) is 44.3. The Morgan fingerprint density at radius 2 is 0.883 bits per heavy atom. The molecule has 0 aliphatic carbocycles. The summed E-state index contributed by atoms with van der Waals surface area (Å²) >= 11 is 30.7. The number of aromatic nitrogens is 9. The molecular weight excluding hydrogens is 1320 g/mol. The third-order valence-electron chi connectivity index (χ3n) is 11.4. The summed E-state index contributed by atoms with van der Waals surface area (Å²) in [4.78, 5) is 105. The predicted molar refractivity (Wildman–Crippen MR) is 355 cm³/mol. The van der Waals surface area contributed by atoms with Crippen LogP contribution in [0.1, 0.15) is 92.2 Å². The van der Waals surface area contributed by atoms with Crippen molar-refractivity contribution in [2.24, 2.45) is 17.2 Å². The molecule has 9 aromatic rings. The third kappa shape index (κ3) is 22.7. The molecule has 3 aromatic carbocycles. The molecule has 0 fully saturated rings. The van der Waals surface area contributed by atoms with Crippen molar-refractivity contribution in [1.82, 2.24) is 49.2 Å². The fraction of sp³-hybridized carbons (Fsp3) is 0.210. The van der Waals surface area contributed by atoms with E-state index in [0.717, 1.165) is 0 Å². The minimum atomic E-state index is -1.19. The van der Waals surface area contributed by atoms with Crippen LogP contribution in [0.15, 0.2) is 146 Å². The molecule has 25 nitrogen and oxygen atoms in total. The quantitative estimate of drug-likeness (QED) is 0.0282. The molecule has 0 saturated carbocycles. The number of nitrogens with two attached hydrogens (primary N) is 3. The number of benzene rings is 3. The van der Waals surface area contributed by atoms with Crippen LogP contribution in [0.2, 0.25) is 32.2 Å². The smallest absolute Gasteiger partial charge is 0.252 e. The van der Waals surface area contributed by atoms with E-state index in [1.54, 1.807) is 170 Å². The zero-order valence-electron chi connectivity index (χ0n) is 51.9. The molecule has 6 aromatic heterocycles.